The average Bonchev–Trinajstić information content (AvgIpc) is 3.38. The van der Waals surface area contributed by atoms with Crippen LogP contribution in [0.5, 0.6) is 0 Å². The number of H-pyrrole nitrogens is 1. The molecule has 1 saturated heterocycles. The minimum absolute atomic E-state index is 0.0791. The van der Waals surface area contributed by atoms with E-state index in [9.17, 15) is 9.59 Å². The molecule has 150 valence electrons. The van der Waals surface area contributed by atoms with E-state index in [0.717, 1.165) is 26.6 Å². The Bertz CT molecular complexity index is 1030. The molecule has 29 heavy (non-hydrogen) atoms. The number of hydrogen-bond acceptors (Lipinski definition) is 4. The van der Waals surface area contributed by atoms with Gasteiger partial charge in [-0.2, -0.15) is 5.10 Å². The van der Waals surface area contributed by atoms with Crippen molar-refractivity contribution in [2.45, 2.75) is 18.9 Å². The van der Waals surface area contributed by atoms with Crippen LogP contribution < -0.4 is 11.1 Å². The van der Waals surface area contributed by atoms with Gasteiger partial charge in [0.1, 0.15) is 0 Å². The fraction of sp³-hybridized carbons (Fsp3) is 0.286. The van der Waals surface area contributed by atoms with Crippen molar-refractivity contribution in [1.82, 2.24) is 15.1 Å². The average molecular weight is 456 g/mol. The lowest BCUT2D eigenvalue weighted by molar-refractivity contribution is -0.131. The van der Waals surface area contributed by atoms with E-state index in [1.165, 1.54) is 0 Å². The maximum Gasteiger partial charge on any atom is 0.239 e. The van der Waals surface area contributed by atoms with Gasteiger partial charge in [0.2, 0.25) is 11.8 Å². The van der Waals surface area contributed by atoms with E-state index in [2.05, 4.69) is 31.4 Å². The third-order valence-electron chi connectivity index (χ3n) is 5.26. The van der Waals surface area contributed by atoms with Crippen LogP contribution in [0.4, 0.5) is 5.69 Å². The number of aromatic amines is 1. The van der Waals surface area contributed by atoms with Crippen LogP contribution in [0, 0.1) is 5.92 Å². The van der Waals surface area contributed by atoms with Crippen molar-refractivity contribution in [3.05, 3.63) is 58.7 Å². The number of amides is 2. The third kappa shape index (κ3) is 4.49. The van der Waals surface area contributed by atoms with Gasteiger partial charge in [0.15, 0.2) is 0 Å². The van der Waals surface area contributed by atoms with Crippen LogP contribution in [0.2, 0.25) is 0 Å². The first-order valence-corrected chi connectivity index (χ1v) is 10.3. The fourth-order valence-electron chi connectivity index (χ4n) is 3.64. The number of halogens is 1. The normalized spacial score (nSPS) is 17.4. The Morgan fingerprint density at radius 3 is 2.86 bits per heavy atom. The molecule has 1 fully saturated rings. The highest BCUT2D eigenvalue weighted by molar-refractivity contribution is 9.10. The molecule has 2 amide bonds. The first-order chi connectivity index (χ1) is 14.0. The molecule has 0 spiro atoms. The van der Waals surface area contributed by atoms with E-state index in [-0.39, 0.29) is 17.7 Å². The highest BCUT2D eigenvalue weighted by Gasteiger charge is 2.33. The van der Waals surface area contributed by atoms with E-state index in [4.69, 9.17) is 5.73 Å². The molecule has 4 N–H and O–H groups in total. The van der Waals surface area contributed by atoms with Crippen molar-refractivity contribution in [2.75, 3.05) is 18.4 Å². The van der Waals surface area contributed by atoms with E-state index >= 15 is 0 Å². The van der Waals surface area contributed by atoms with Crippen LogP contribution in [0.15, 0.2) is 53.1 Å². The highest BCUT2D eigenvalue weighted by atomic mass is 79.9. The molecule has 3 aromatic rings. The zero-order valence-corrected chi connectivity index (χ0v) is 17.4. The Kier molecular flexibility index (Phi) is 5.64. The van der Waals surface area contributed by atoms with Gasteiger partial charge < -0.3 is 16.0 Å². The van der Waals surface area contributed by atoms with E-state index in [1.807, 2.05) is 42.5 Å². The topological polar surface area (TPSA) is 104 Å². The van der Waals surface area contributed by atoms with Crippen LogP contribution in [-0.4, -0.2) is 46.0 Å². The number of nitrogens with zero attached hydrogens (tertiary/aromatic N) is 2. The van der Waals surface area contributed by atoms with Crippen LogP contribution in [0.1, 0.15) is 12.0 Å². The number of rotatable bonds is 5. The molecule has 0 aliphatic carbocycles. The predicted octanol–water partition coefficient (Wildman–Crippen LogP) is 2.68. The van der Waals surface area contributed by atoms with E-state index in [0.29, 0.717) is 25.9 Å². The standard InChI is InChI=1S/C21H22BrN5O2/c22-16-3-1-13(2-4-16)9-18(23)21(29)27-8-7-14(12-27)20(28)25-17-5-6-19-15(10-17)11-24-26-19/h1-6,10-11,14,18H,7-9,12,23H2,(H,24,26)(H,25,28)/t14-,18+/m0/s1. The van der Waals surface area contributed by atoms with Gasteiger partial charge in [0.25, 0.3) is 0 Å². The molecular weight excluding hydrogens is 434 g/mol. The number of benzene rings is 2. The van der Waals surface area contributed by atoms with Crippen LogP contribution in [0.3, 0.4) is 0 Å². The van der Waals surface area contributed by atoms with Gasteiger partial charge in [-0.1, -0.05) is 28.1 Å². The van der Waals surface area contributed by atoms with Gasteiger partial charge in [-0.25, -0.2) is 0 Å². The maximum absolute atomic E-state index is 12.7. The zero-order valence-electron chi connectivity index (χ0n) is 15.8. The lowest BCUT2D eigenvalue weighted by atomic mass is 10.1. The first kappa shape index (κ1) is 19.6. The summed E-state index contributed by atoms with van der Waals surface area (Å²) in [6.45, 7) is 0.943. The molecular formula is C21H22BrN5O2. The van der Waals surface area contributed by atoms with Gasteiger partial charge in [-0.3, -0.25) is 14.7 Å². The predicted molar refractivity (Wildman–Crippen MR) is 115 cm³/mol. The first-order valence-electron chi connectivity index (χ1n) is 9.52. The molecule has 8 heteroatoms. The summed E-state index contributed by atoms with van der Waals surface area (Å²) < 4.78 is 0.987. The summed E-state index contributed by atoms with van der Waals surface area (Å²) in [6, 6.07) is 12.8. The number of carbonyl (C=O) groups is 2. The van der Waals surface area contributed by atoms with Gasteiger partial charge in [0.05, 0.1) is 23.7 Å². The number of carbonyl (C=O) groups excluding carboxylic acids is 2. The Balaban J connectivity index is 1.33. The number of aromatic nitrogens is 2. The Morgan fingerprint density at radius 1 is 1.28 bits per heavy atom. The second-order valence-corrected chi connectivity index (χ2v) is 8.28. The number of nitrogens with one attached hydrogen (secondary N) is 2. The lowest BCUT2D eigenvalue weighted by Gasteiger charge is -2.21. The molecule has 0 radical (unpaired) electrons. The van der Waals surface area contributed by atoms with Crippen molar-refractivity contribution in [2.24, 2.45) is 11.7 Å². The van der Waals surface area contributed by atoms with Crippen molar-refractivity contribution in [1.29, 1.82) is 0 Å². The molecule has 0 saturated carbocycles. The summed E-state index contributed by atoms with van der Waals surface area (Å²) in [5.41, 5.74) is 8.79. The summed E-state index contributed by atoms with van der Waals surface area (Å²) >= 11 is 3.40. The van der Waals surface area contributed by atoms with Gasteiger partial charge in [0, 0.05) is 28.6 Å². The quantitative estimate of drug-likeness (QED) is 0.549. The summed E-state index contributed by atoms with van der Waals surface area (Å²) in [4.78, 5) is 27.1. The van der Waals surface area contributed by atoms with E-state index < -0.39 is 6.04 Å². The third-order valence-corrected chi connectivity index (χ3v) is 5.79. The van der Waals surface area contributed by atoms with Crippen molar-refractivity contribution in [3.63, 3.8) is 0 Å². The molecule has 4 rings (SSSR count). The zero-order chi connectivity index (χ0) is 20.4. The van der Waals surface area contributed by atoms with Crippen LogP contribution in [0.25, 0.3) is 10.9 Å². The summed E-state index contributed by atoms with van der Waals surface area (Å²) in [5, 5.41) is 10.7. The summed E-state index contributed by atoms with van der Waals surface area (Å²) in [5.74, 6) is -0.425. The molecule has 0 unspecified atom stereocenters. The Morgan fingerprint density at radius 2 is 2.07 bits per heavy atom. The van der Waals surface area contributed by atoms with Crippen molar-refractivity contribution < 1.29 is 9.59 Å². The minimum Gasteiger partial charge on any atom is -0.341 e. The lowest BCUT2D eigenvalue weighted by Crippen LogP contribution is -2.44. The number of likely N-dealkylation sites (tertiary alicyclic amines) is 1. The number of fused-ring (bicyclic) bond motifs is 1. The van der Waals surface area contributed by atoms with Gasteiger partial charge >= 0.3 is 0 Å². The van der Waals surface area contributed by atoms with Gasteiger partial charge in [-0.05, 0) is 48.7 Å². The maximum atomic E-state index is 12.7. The summed E-state index contributed by atoms with van der Waals surface area (Å²) in [6.07, 6.45) is 2.83. The molecule has 2 heterocycles. The molecule has 2 aromatic carbocycles. The minimum atomic E-state index is -0.610. The number of hydrogen-bond donors (Lipinski definition) is 3. The smallest absolute Gasteiger partial charge is 0.239 e. The summed E-state index contributed by atoms with van der Waals surface area (Å²) in [7, 11) is 0. The Hall–Kier alpha value is -2.71. The molecule has 2 atom stereocenters. The molecule has 7 nitrogen and oxygen atoms in total. The van der Waals surface area contributed by atoms with E-state index in [1.54, 1.807) is 11.1 Å². The van der Waals surface area contributed by atoms with Crippen molar-refractivity contribution >= 4 is 44.3 Å². The van der Waals surface area contributed by atoms with Gasteiger partial charge in [-0.15, -0.1) is 0 Å². The molecule has 1 aliphatic heterocycles. The largest absolute Gasteiger partial charge is 0.341 e. The second-order valence-electron chi connectivity index (χ2n) is 7.37. The molecule has 1 aliphatic rings. The molecule has 0 bridgehead atoms. The number of nitrogens with two attached hydrogens (primary N) is 1. The van der Waals surface area contributed by atoms with Crippen LogP contribution in [-0.2, 0) is 16.0 Å². The highest BCUT2D eigenvalue weighted by Crippen LogP contribution is 2.22. The Labute approximate surface area is 176 Å². The van der Waals surface area contributed by atoms with Crippen LogP contribution >= 0.6 is 15.9 Å². The fourth-order valence-corrected chi connectivity index (χ4v) is 3.90. The number of anilines is 1. The monoisotopic (exact) mass is 455 g/mol. The van der Waals surface area contributed by atoms with Crippen molar-refractivity contribution in [3.8, 4) is 0 Å². The SMILES string of the molecule is N[C@H](Cc1ccc(Br)cc1)C(=O)N1CC[C@H](C(=O)Nc2ccc3[nH]ncc3c2)C1. The second kappa shape index (κ2) is 8.34. The molecule has 1 aromatic heterocycles.